The van der Waals surface area contributed by atoms with Crippen molar-refractivity contribution in [1.29, 1.82) is 0 Å². The Morgan fingerprint density at radius 2 is 1.62 bits per heavy atom. The molecule has 9 nitrogen and oxygen atoms in total. The van der Waals surface area contributed by atoms with E-state index in [0.29, 0.717) is 22.8 Å². The zero-order valence-electron chi connectivity index (χ0n) is 21.2. The maximum absolute atomic E-state index is 13.8. The lowest BCUT2D eigenvalue weighted by Crippen LogP contribution is -2.45. The van der Waals surface area contributed by atoms with Crippen LogP contribution in [0.1, 0.15) is 40.0 Å². The normalized spacial score (nSPS) is 14.4. The third-order valence-electron chi connectivity index (χ3n) is 6.05. The number of carbonyl (C=O) groups is 2. The van der Waals surface area contributed by atoms with Crippen LogP contribution in [-0.2, 0) is 26.1 Å². The number of fused-ring (bicyclic) bond motifs is 1. The van der Waals surface area contributed by atoms with Crippen LogP contribution in [0.15, 0.2) is 70.5 Å². The Morgan fingerprint density at radius 3 is 2.30 bits per heavy atom. The second-order valence-electron chi connectivity index (χ2n) is 10.0. The van der Waals surface area contributed by atoms with Gasteiger partial charge in [0.25, 0.3) is 15.6 Å². The van der Waals surface area contributed by atoms with Gasteiger partial charge in [0.05, 0.1) is 4.90 Å². The number of hydrogen-bond acceptors (Lipinski definition) is 6. The number of ether oxygens (including phenoxy) is 1. The lowest BCUT2D eigenvalue weighted by atomic mass is 10.1. The van der Waals surface area contributed by atoms with E-state index in [4.69, 9.17) is 4.74 Å². The molecular weight excluding hydrogens is 494 g/mol. The van der Waals surface area contributed by atoms with E-state index >= 15 is 0 Å². The fraction of sp³-hybridized carbons (Fsp3) is 0.370. The summed E-state index contributed by atoms with van der Waals surface area (Å²) in [6.45, 7) is 5.79. The van der Waals surface area contributed by atoms with Gasteiger partial charge >= 0.3 is 6.09 Å². The van der Waals surface area contributed by atoms with E-state index in [1.54, 1.807) is 43.9 Å². The van der Waals surface area contributed by atoms with Crippen molar-refractivity contribution in [2.45, 2.75) is 57.1 Å². The van der Waals surface area contributed by atoms with E-state index in [1.165, 1.54) is 30.5 Å². The largest absolute Gasteiger partial charge is 0.443 e. The highest BCUT2D eigenvalue weighted by atomic mass is 32.2. The van der Waals surface area contributed by atoms with Crippen LogP contribution < -0.4 is 9.86 Å². The Morgan fingerprint density at radius 1 is 0.946 bits per heavy atom. The molecule has 196 valence electrons. The maximum Gasteiger partial charge on any atom is 0.429 e. The van der Waals surface area contributed by atoms with Crippen molar-refractivity contribution >= 4 is 38.5 Å². The van der Waals surface area contributed by atoms with Gasteiger partial charge in [-0.2, -0.15) is 4.31 Å². The van der Waals surface area contributed by atoms with Crippen LogP contribution in [0.5, 0.6) is 0 Å². The lowest BCUT2D eigenvalue weighted by molar-refractivity contribution is -0.132. The van der Waals surface area contributed by atoms with Gasteiger partial charge in [0.2, 0.25) is 5.91 Å². The number of anilines is 1. The highest BCUT2D eigenvalue weighted by Crippen LogP contribution is 2.27. The van der Waals surface area contributed by atoms with Gasteiger partial charge in [-0.05, 0) is 75.1 Å². The number of nitrogens with zero attached hydrogens (tertiary/aromatic N) is 3. The van der Waals surface area contributed by atoms with Gasteiger partial charge in [0.1, 0.15) is 17.8 Å². The number of amides is 2. The molecule has 0 unspecified atom stereocenters. The Bertz CT molecular complexity index is 1480. The fourth-order valence-electron chi connectivity index (χ4n) is 4.25. The molecule has 10 heteroatoms. The van der Waals surface area contributed by atoms with Crippen LogP contribution >= 0.6 is 0 Å². The van der Waals surface area contributed by atoms with Crippen molar-refractivity contribution < 1.29 is 22.7 Å². The Labute approximate surface area is 216 Å². The van der Waals surface area contributed by atoms with Crippen molar-refractivity contribution in [1.82, 2.24) is 9.47 Å². The average molecular weight is 526 g/mol. The molecule has 37 heavy (non-hydrogen) atoms. The number of pyridine rings is 1. The molecule has 0 N–H and O–H groups in total. The summed E-state index contributed by atoms with van der Waals surface area (Å²) in [5.41, 5.74) is -2.23. The molecule has 1 saturated heterocycles. The number of aromatic nitrogens is 1. The van der Waals surface area contributed by atoms with E-state index in [1.807, 2.05) is 12.1 Å². The van der Waals surface area contributed by atoms with Crippen LogP contribution in [0.3, 0.4) is 0 Å². The predicted molar refractivity (Wildman–Crippen MR) is 141 cm³/mol. The van der Waals surface area contributed by atoms with Gasteiger partial charge in [-0.25, -0.2) is 13.2 Å². The Hall–Kier alpha value is -3.66. The summed E-state index contributed by atoms with van der Waals surface area (Å²) in [7, 11) is -4.56. The molecule has 3 aromatic rings. The molecule has 1 aromatic heterocycles. The SMILES string of the molecule is CC(C)(C)OC(=O)N(c1cccn(CC(=O)N2CCCCC2)c1=O)S(=O)(=O)c1ccc2ccccc2c1. The summed E-state index contributed by atoms with van der Waals surface area (Å²) < 4.78 is 34.6. The molecule has 1 aliphatic rings. The molecule has 0 radical (unpaired) electrons. The van der Waals surface area contributed by atoms with Crippen LogP contribution in [0.4, 0.5) is 10.5 Å². The number of sulfonamides is 1. The monoisotopic (exact) mass is 525 g/mol. The predicted octanol–water partition coefficient (Wildman–Crippen LogP) is 4.14. The summed E-state index contributed by atoms with van der Waals surface area (Å²) in [4.78, 5) is 41.1. The third-order valence-corrected chi connectivity index (χ3v) is 7.73. The summed E-state index contributed by atoms with van der Waals surface area (Å²) in [5.74, 6) is -0.236. The summed E-state index contributed by atoms with van der Waals surface area (Å²) >= 11 is 0. The van der Waals surface area contributed by atoms with Gasteiger partial charge in [-0.15, -0.1) is 0 Å². The van der Waals surface area contributed by atoms with E-state index < -0.39 is 33.0 Å². The molecular formula is C27H31N3O6S. The van der Waals surface area contributed by atoms with Gasteiger partial charge in [-0.3, -0.25) is 9.59 Å². The zero-order valence-corrected chi connectivity index (χ0v) is 22.0. The second kappa shape index (κ2) is 10.4. The van der Waals surface area contributed by atoms with Crippen LogP contribution in [0.25, 0.3) is 10.8 Å². The minimum absolute atomic E-state index is 0.170. The standard InChI is InChI=1S/C27H31N3O6S/c1-27(2,3)36-26(33)30(37(34,35)22-14-13-20-10-5-6-11-21(20)18-22)23-12-9-17-29(25(23)32)19-24(31)28-15-7-4-8-16-28/h5-6,9-14,17-18H,4,7-8,15-16,19H2,1-3H3. The van der Waals surface area contributed by atoms with E-state index in [-0.39, 0.29) is 17.3 Å². The van der Waals surface area contributed by atoms with Crippen LogP contribution in [0.2, 0.25) is 0 Å². The summed E-state index contributed by atoms with van der Waals surface area (Å²) in [6.07, 6.45) is 3.05. The Balaban J connectivity index is 1.78. The smallest absolute Gasteiger partial charge is 0.429 e. The number of likely N-dealkylation sites (tertiary alicyclic amines) is 1. The lowest BCUT2D eigenvalue weighted by Gasteiger charge is -2.28. The van der Waals surface area contributed by atoms with E-state index in [9.17, 15) is 22.8 Å². The van der Waals surface area contributed by atoms with Gasteiger partial charge in [0, 0.05) is 19.3 Å². The summed E-state index contributed by atoms with van der Waals surface area (Å²) in [5, 5.41) is 1.48. The summed E-state index contributed by atoms with van der Waals surface area (Å²) in [6, 6.07) is 14.4. The van der Waals surface area contributed by atoms with Crippen molar-refractivity contribution in [3.8, 4) is 0 Å². The first-order chi connectivity index (χ1) is 17.5. The molecule has 2 heterocycles. The second-order valence-corrected chi connectivity index (χ2v) is 11.8. The molecule has 0 spiro atoms. The first kappa shape index (κ1) is 26.4. The van der Waals surface area contributed by atoms with Gasteiger partial charge < -0.3 is 14.2 Å². The van der Waals surface area contributed by atoms with Crippen molar-refractivity contribution in [2.24, 2.45) is 0 Å². The van der Waals surface area contributed by atoms with Gasteiger partial charge in [0.15, 0.2) is 0 Å². The molecule has 0 aliphatic carbocycles. The van der Waals surface area contributed by atoms with E-state index in [2.05, 4.69) is 0 Å². The third kappa shape index (κ3) is 5.85. The molecule has 0 bridgehead atoms. The number of hydrogen-bond donors (Lipinski definition) is 0. The topological polar surface area (TPSA) is 106 Å². The van der Waals surface area contributed by atoms with Crippen molar-refractivity contribution in [3.05, 3.63) is 71.1 Å². The molecule has 1 fully saturated rings. The number of piperidine rings is 1. The number of carbonyl (C=O) groups excluding carboxylic acids is 2. The molecule has 1 aliphatic heterocycles. The van der Waals surface area contributed by atoms with Crippen LogP contribution in [0, 0.1) is 0 Å². The Kier molecular flexibility index (Phi) is 7.40. The van der Waals surface area contributed by atoms with E-state index in [0.717, 1.165) is 29.2 Å². The van der Waals surface area contributed by atoms with Crippen LogP contribution in [-0.4, -0.2) is 48.6 Å². The average Bonchev–Trinajstić information content (AvgIpc) is 2.85. The quantitative estimate of drug-likeness (QED) is 0.496. The molecule has 4 rings (SSSR count). The first-order valence-corrected chi connectivity index (χ1v) is 13.7. The van der Waals surface area contributed by atoms with Gasteiger partial charge in [-0.1, -0.05) is 30.3 Å². The molecule has 0 saturated carbocycles. The maximum atomic E-state index is 13.8. The van der Waals surface area contributed by atoms with Crippen molar-refractivity contribution in [2.75, 3.05) is 17.4 Å². The number of benzene rings is 2. The first-order valence-electron chi connectivity index (χ1n) is 12.2. The zero-order chi connectivity index (χ0) is 26.8. The fourth-order valence-corrected chi connectivity index (χ4v) is 5.61. The molecule has 0 atom stereocenters. The minimum atomic E-state index is -4.56. The molecule has 2 aromatic carbocycles. The highest BCUT2D eigenvalue weighted by molar-refractivity contribution is 7.93. The minimum Gasteiger partial charge on any atom is -0.443 e. The highest BCUT2D eigenvalue weighted by Gasteiger charge is 2.37. The molecule has 2 amide bonds. The van der Waals surface area contributed by atoms with Crippen molar-refractivity contribution in [3.63, 3.8) is 0 Å². The number of rotatable bonds is 5.